The summed E-state index contributed by atoms with van der Waals surface area (Å²) < 4.78 is 10.6. The standard InChI is InChI=1S/C17H22N4O3/c1-11-9-12(7-8-18-11)17-20-15(21-24-17)10-16(22)19-13-5-3-4-6-14(13)23-2/h3-6,11-12,18H,7-10H2,1-2H3,(H,19,22)/t11-,12-/m0/s1. The van der Waals surface area contributed by atoms with Crippen molar-refractivity contribution < 1.29 is 14.1 Å². The smallest absolute Gasteiger partial charge is 0.232 e. The topological polar surface area (TPSA) is 89.3 Å². The van der Waals surface area contributed by atoms with Crippen LogP contribution in [0.25, 0.3) is 0 Å². The molecule has 2 aromatic rings. The number of methoxy groups -OCH3 is 1. The van der Waals surface area contributed by atoms with E-state index >= 15 is 0 Å². The zero-order valence-corrected chi connectivity index (χ0v) is 13.9. The minimum Gasteiger partial charge on any atom is -0.495 e. The van der Waals surface area contributed by atoms with Gasteiger partial charge in [0.1, 0.15) is 5.75 Å². The first-order valence-electron chi connectivity index (χ1n) is 8.14. The maximum atomic E-state index is 12.2. The number of benzene rings is 1. The lowest BCUT2D eigenvalue weighted by atomic mass is 9.93. The minimum absolute atomic E-state index is 0.0715. The number of nitrogens with zero attached hydrogens (tertiary/aromatic N) is 2. The first kappa shape index (κ1) is 16.4. The molecule has 1 aliphatic heterocycles. The van der Waals surface area contributed by atoms with E-state index in [-0.39, 0.29) is 18.2 Å². The Balaban J connectivity index is 1.61. The molecule has 1 amide bonds. The second-order valence-electron chi connectivity index (χ2n) is 6.05. The molecule has 1 aliphatic rings. The van der Waals surface area contributed by atoms with E-state index in [2.05, 4.69) is 27.7 Å². The Bertz CT molecular complexity index is 701. The average Bonchev–Trinajstić information content (AvgIpc) is 3.03. The first-order chi connectivity index (χ1) is 11.7. The fraction of sp³-hybridized carbons (Fsp3) is 0.471. The van der Waals surface area contributed by atoms with E-state index in [1.807, 2.05) is 12.1 Å². The maximum absolute atomic E-state index is 12.2. The summed E-state index contributed by atoms with van der Waals surface area (Å²) >= 11 is 0. The van der Waals surface area contributed by atoms with E-state index in [0.29, 0.717) is 29.2 Å². The number of para-hydroxylation sites is 2. The third kappa shape index (κ3) is 3.91. The molecular formula is C17H22N4O3. The van der Waals surface area contributed by atoms with Crippen molar-refractivity contribution in [1.29, 1.82) is 0 Å². The normalized spacial score (nSPS) is 20.6. The molecule has 1 saturated heterocycles. The third-order valence-corrected chi connectivity index (χ3v) is 4.16. The summed E-state index contributed by atoms with van der Waals surface area (Å²) in [7, 11) is 1.57. The lowest BCUT2D eigenvalue weighted by molar-refractivity contribution is -0.115. The van der Waals surface area contributed by atoms with Crippen molar-refractivity contribution in [3.63, 3.8) is 0 Å². The maximum Gasteiger partial charge on any atom is 0.232 e. The predicted molar refractivity (Wildman–Crippen MR) is 89.1 cm³/mol. The molecule has 2 atom stereocenters. The number of rotatable bonds is 5. The summed E-state index contributed by atoms with van der Waals surface area (Å²) in [5.74, 6) is 1.71. The highest BCUT2D eigenvalue weighted by Crippen LogP contribution is 2.26. The van der Waals surface area contributed by atoms with Crippen molar-refractivity contribution in [2.45, 2.75) is 38.1 Å². The van der Waals surface area contributed by atoms with Crippen LogP contribution in [-0.4, -0.2) is 35.7 Å². The highest BCUT2D eigenvalue weighted by molar-refractivity contribution is 5.93. The molecule has 0 saturated carbocycles. The monoisotopic (exact) mass is 330 g/mol. The number of nitrogens with one attached hydrogen (secondary N) is 2. The van der Waals surface area contributed by atoms with Gasteiger partial charge in [-0.05, 0) is 38.4 Å². The van der Waals surface area contributed by atoms with Crippen molar-refractivity contribution in [2.75, 3.05) is 19.0 Å². The van der Waals surface area contributed by atoms with Crippen molar-refractivity contribution in [3.8, 4) is 5.75 Å². The fourth-order valence-electron chi connectivity index (χ4n) is 2.95. The molecule has 128 valence electrons. The van der Waals surface area contributed by atoms with Crippen LogP contribution in [-0.2, 0) is 11.2 Å². The molecule has 0 aliphatic carbocycles. The van der Waals surface area contributed by atoms with Gasteiger partial charge in [-0.15, -0.1) is 0 Å². The van der Waals surface area contributed by atoms with E-state index in [4.69, 9.17) is 9.26 Å². The number of anilines is 1. The van der Waals surface area contributed by atoms with E-state index in [1.54, 1.807) is 19.2 Å². The number of hydrogen-bond acceptors (Lipinski definition) is 6. The van der Waals surface area contributed by atoms with Crippen LogP contribution in [0.15, 0.2) is 28.8 Å². The molecule has 1 aromatic carbocycles. The van der Waals surface area contributed by atoms with Crippen LogP contribution in [0.1, 0.15) is 37.4 Å². The minimum atomic E-state index is -0.203. The second-order valence-corrected chi connectivity index (χ2v) is 6.05. The molecule has 0 unspecified atom stereocenters. The van der Waals surface area contributed by atoms with Crippen molar-refractivity contribution in [3.05, 3.63) is 36.0 Å². The highest BCUT2D eigenvalue weighted by atomic mass is 16.5. The summed E-state index contributed by atoms with van der Waals surface area (Å²) in [6.45, 7) is 3.09. The molecule has 24 heavy (non-hydrogen) atoms. The van der Waals surface area contributed by atoms with Crippen LogP contribution in [0.3, 0.4) is 0 Å². The first-order valence-corrected chi connectivity index (χ1v) is 8.14. The Morgan fingerprint density at radius 2 is 2.29 bits per heavy atom. The lowest BCUT2D eigenvalue weighted by Gasteiger charge is -2.25. The molecule has 7 nitrogen and oxygen atoms in total. The van der Waals surface area contributed by atoms with Gasteiger partial charge < -0.3 is 19.9 Å². The van der Waals surface area contributed by atoms with Crippen molar-refractivity contribution in [2.24, 2.45) is 0 Å². The molecular weight excluding hydrogens is 308 g/mol. The number of amides is 1. The van der Waals surface area contributed by atoms with Gasteiger partial charge in [0.25, 0.3) is 0 Å². The second kappa shape index (κ2) is 7.44. The SMILES string of the molecule is COc1ccccc1NC(=O)Cc1noc([C@H]2CCN[C@@H](C)C2)n1. The predicted octanol–water partition coefficient (Wildman–Crippen LogP) is 2.11. The largest absolute Gasteiger partial charge is 0.495 e. The van der Waals surface area contributed by atoms with Gasteiger partial charge in [0.2, 0.25) is 11.8 Å². The Hall–Kier alpha value is -2.41. The summed E-state index contributed by atoms with van der Waals surface area (Å²) in [4.78, 5) is 16.6. The van der Waals surface area contributed by atoms with Crippen molar-refractivity contribution >= 4 is 11.6 Å². The molecule has 1 fully saturated rings. The van der Waals surface area contributed by atoms with Crippen LogP contribution in [0.2, 0.25) is 0 Å². The molecule has 0 radical (unpaired) electrons. The van der Waals surface area contributed by atoms with E-state index in [9.17, 15) is 4.79 Å². The molecule has 7 heteroatoms. The molecule has 2 heterocycles. The van der Waals surface area contributed by atoms with Crippen LogP contribution in [0.5, 0.6) is 5.75 Å². The highest BCUT2D eigenvalue weighted by Gasteiger charge is 2.25. The van der Waals surface area contributed by atoms with Gasteiger partial charge in [0, 0.05) is 12.0 Å². The zero-order valence-electron chi connectivity index (χ0n) is 13.9. The quantitative estimate of drug-likeness (QED) is 0.873. The van der Waals surface area contributed by atoms with Gasteiger partial charge in [0.05, 0.1) is 19.2 Å². The number of piperidine rings is 1. The molecule has 0 spiro atoms. The number of aromatic nitrogens is 2. The third-order valence-electron chi connectivity index (χ3n) is 4.16. The van der Waals surface area contributed by atoms with Crippen molar-refractivity contribution in [1.82, 2.24) is 15.5 Å². The van der Waals surface area contributed by atoms with Gasteiger partial charge in [-0.3, -0.25) is 4.79 Å². The average molecular weight is 330 g/mol. The molecule has 3 rings (SSSR count). The summed E-state index contributed by atoms with van der Waals surface area (Å²) in [6, 6.07) is 7.70. The zero-order chi connectivity index (χ0) is 16.9. The van der Waals surface area contributed by atoms with Crippen LogP contribution in [0, 0.1) is 0 Å². The van der Waals surface area contributed by atoms with Crippen LogP contribution in [0.4, 0.5) is 5.69 Å². The summed E-state index contributed by atoms with van der Waals surface area (Å²) in [5.41, 5.74) is 0.626. The summed E-state index contributed by atoms with van der Waals surface area (Å²) in [5, 5.41) is 10.1. The molecule has 1 aromatic heterocycles. The lowest BCUT2D eigenvalue weighted by Crippen LogP contribution is -2.34. The number of carbonyl (C=O) groups is 1. The summed E-state index contributed by atoms with van der Waals surface area (Å²) in [6.07, 6.45) is 2.01. The number of carbonyl (C=O) groups excluding carboxylic acids is 1. The Labute approximate surface area is 140 Å². The van der Waals surface area contributed by atoms with Gasteiger partial charge in [0.15, 0.2) is 5.82 Å². The Morgan fingerprint density at radius 1 is 1.46 bits per heavy atom. The van der Waals surface area contributed by atoms with Crippen LogP contribution >= 0.6 is 0 Å². The van der Waals surface area contributed by atoms with Gasteiger partial charge in [-0.1, -0.05) is 17.3 Å². The Kier molecular flexibility index (Phi) is 5.10. The van der Waals surface area contributed by atoms with E-state index in [0.717, 1.165) is 19.4 Å². The fourth-order valence-corrected chi connectivity index (χ4v) is 2.95. The molecule has 2 N–H and O–H groups in total. The number of ether oxygens (including phenoxy) is 1. The van der Waals surface area contributed by atoms with Gasteiger partial charge in [-0.25, -0.2) is 0 Å². The Morgan fingerprint density at radius 3 is 3.08 bits per heavy atom. The number of hydrogen-bond donors (Lipinski definition) is 2. The van der Waals surface area contributed by atoms with E-state index < -0.39 is 0 Å². The van der Waals surface area contributed by atoms with Crippen LogP contribution < -0.4 is 15.4 Å². The van der Waals surface area contributed by atoms with E-state index in [1.165, 1.54) is 0 Å². The van der Waals surface area contributed by atoms with Gasteiger partial charge in [-0.2, -0.15) is 4.98 Å². The van der Waals surface area contributed by atoms with Gasteiger partial charge >= 0.3 is 0 Å². The molecule has 0 bridgehead atoms.